The molecule has 1 aromatic carbocycles. The number of aryl methyl sites for hydroxylation is 1. The van der Waals surface area contributed by atoms with Crippen molar-refractivity contribution in [2.75, 3.05) is 11.9 Å². The topological polar surface area (TPSA) is 105 Å². The van der Waals surface area contributed by atoms with Gasteiger partial charge in [-0.1, -0.05) is 19.8 Å². The summed E-state index contributed by atoms with van der Waals surface area (Å²) in [6.45, 7) is 3.10. The predicted molar refractivity (Wildman–Crippen MR) is 112 cm³/mol. The van der Waals surface area contributed by atoms with Crippen molar-refractivity contribution in [1.29, 1.82) is 0 Å². The van der Waals surface area contributed by atoms with Gasteiger partial charge < -0.3 is 5.32 Å². The second-order valence-electron chi connectivity index (χ2n) is 8.29. The molecule has 1 aliphatic heterocycles. The van der Waals surface area contributed by atoms with Crippen LogP contribution in [0, 0.1) is 18.7 Å². The zero-order valence-electron chi connectivity index (χ0n) is 17.9. The standard InChI is InChI=1S/C22H24FN5O4/c1-13-5-3-4-6-17(13)27-21(31)20(30)26(22(27)32)12-19(29)24-18-11-14(2)25-28(18)16-9-7-15(23)8-10-16/h7-11,13,17H,3-6,12H2,1-2H3,(H,24,29)/t13-,17+/m1/s1. The van der Waals surface area contributed by atoms with E-state index >= 15 is 0 Å². The second-order valence-corrected chi connectivity index (χ2v) is 8.29. The lowest BCUT2D eigenvalue weighted by Crippen LogP contribution is -2.46. The molecule has 0 unspecified atom stereocenters. The van der Waals surface area contributed by atoms with Crippen LogP contribution in [-0.4, -0.2) is 55.9 Å². The van der Waals surface area contributed by atoms with Gasteiger partial charge in [0.15, 0.2) is 0 Å². The molecule has 1 N–H and O–H groups in total. The molecule has 32 heavy (non-hydrogen) atoms. The first-order valence-electron chi connectivity index (χ1n) is 10.6. The third-order valence-electron chi connectivity index (χ3n) is 5.95. The minimum atomic E-state index is -0.994. The fourth-order valence-corrected chi connectivity index (χ4v) is 4.33. The van der Waals surface area contributed by atoms with Crippen LogP contribution in [-0.2, 0) is 14.4 Å². The number of carbonyl (C=O) groups is 4. The van der Waals surface area contributed by atoms with E-state index in [2.05, 4.69) is 10.4 Å². The number of benzene rings is 1. The number of nitrogens with one attached hydrogen (secondary N) is 1. The molecule has 1 aromatic heterocycles. The number of nitrogens with zero attached hydrogens (tertiary/aromatic N) is 4. The molecule has 2 aliphatic rings. The molecule has 1 saturated heterocycles. The smallest absolute Gasteiger partial charge is 0.309 e. The van der Waals surface area contributed by atoms with Crippen LogP contribution >= 0.6 is 0 Å². The zero-order chi connectivity index (χ0) is 23.0. The van der Waals surface area contributed by atoms with E-state index in [1.54, 1.807) is 13.0 Å². The molecule has 2 atom stereocenters. The Morgan fingerprint density at radius 1 is 1.12 bits per heavy atom. The number of aromatic nitrogens is 2. The Hall–Kier alpha value is -3.56. The van der Waals surface area contributed by atoms with Gasteiger partial charge in [-0.05, 0) is 49.9 Å². The summed E-state index contributed by atoms with van der Waals surface area (Å²) < 4.78 is 14.7. The molecule has 0 bridgehead atoms. The molecule has 1 aliphatic carbocycles. The number of carbonyl (C=O) groups excluding carboxylic acids is 4. The fourth-order valence-electron chi connectivity index (χ4n) is 4.33. The monoisotopic (exact) mass is 441 g/mol. The highest BCUT2D eigenvalue weighted by molar-refractivity contribution is 6.45. The third kappa shape index (κ3) is 4.00. The number of amides is 5. The Balaban J connectivity index is 1.49. The molecular weight excluding hydrogens is 417 g/mol. The largest absolute Gasteiger partial charge is 0.334 e. The molecule has 4 rings (SSSR count). The van der Waals surface area contributed by atoms with Crippen LogP contribution in [0.1, 0.15) is 38.3 Å². The minimum absolute atomic E-state index is 0.103. The fraction of sp³-hybridized carbons (Fsp3) is 0.409. The number of halogens is 1. The van der Waals surface area contributed by atoms with Gasteiger partial charge in [-0.15, -0.1) is 0 Å². The molecular formula is C22H24FN5O4. The molecule has 1 saturated carbocycles. The number of rotatable bonds is 5. The van der Waals surface area contributed by atoms with Crippen LogP contribution in [0.5, 0.6) is 0 Å². The van der Waals surface area contributed by atoms with Crippen molar-refractivity contribution >= 4 is 29.6 Å². The number of hydrogen-bond acceptors (Lipinski definition) is 5. The number of hydrogen-bond donors (Lipinski definition) is 1. The molecule has 0 spiro atoms. The Labute approximate surface area is 184 Å². The summed E-state index contributed by atoms with van der Waals surface area (Å²) >= 11 is 0. The lowest BCUT2D eigenvalue weighted by molar-refractivity contribution is -0.145. The summed E-state index contributed by atoms with van der Waals surface area (Å²) in [6.07, 6.45) is 3.44. The lowest BCUT2D eigenvalue weighted by atomic mass is 9.85. The van der Waals surface area contributed by atoms with Gasteiger partial charge in [0, 0.05) is 12.1 Å². The van der Waals surface area contributed by atoms with Gasteiger partial charge in [0.25, 0.3) is 0 Å². The highest BCUT2D eigenvalue weighted by atomic mass is 19.1. The second kappa shape index (κ2) is 8.52. The van der Waals surface area contributed by atoms with Crippen LogP contribution in [0.25, 0.3) is 5.69 Å². The summed E-state index contributed by atoms with van der Waals surface area (Å²) in [5, 5.41) is 6.91. The molecule has 0 radical (unpaired) electrons. The average Bonchev–Trinajstić information content (AvgIpc) is 3.21. The maximum absolute atomic E-state index is 13.2. The number of anilines is 1. The highest BCUT2D eigenvalue weighted by Crippen LogP contribution is 2.31. The van der Waals surface area contributed by atoms with Crippen molar-refractivity contribution < 1.29 is 23.6 Å². The first kappa shape index (κ1) is 21.7. The quantitative estimate of drug-likeness (QED) is 0.567. The maximum atomic E-state index is 13.2. The Kier molecular flexibility index (Phi) is 5.77. The van der Waals surface area contributed by atoms with E-state index in [-0.39, 0.29) is 12.0 Å². The van der Waals surface area contributed by atoms with E-state index in [0.29, 0.717) is 28.5 Å². The van der Waals surface area contributed by atoms with E-state index in [1.165, 1.54) is 28.9 Å². The molecule has 2 fully saturated rings. The van der Waals surface area contributed by atoms with Crippen LogP contribution in [0.4, 0.5) is 15.0 Å². The zero-order valence-corrected chi connectivity index (χ0v) is 17.9. The van der Waals surface area contributed by atoms with E-state index < -0.39 is 36.1 Å². The van der Waals surface area contributed by atoms with E-state index in [1.807, 2.05) is 6.92 Å². The predicted octanol–water partition coefficient (Wildman–Crippen LogP) is 2.63. The van der Waals surface area contributed by atoms with Crippen molar-refractivity contribution in [2.24, 2.45) is 5.92 Å². The van der Waals surface area contributed by atoms with Crippen molar-refractivity contribution in [3.05, 3.63) is 41.8 Å². The Bertz CT molecular complexity index is 1080. The summed E-state index contributed by atoms with van der Waals surface area (Å²) in [4.78, 5) is 52.2. The van der Waals surface area contributed by atoms with Crippen LogP contribution in [0.3, 0.4) is 0 Å². The van der Waals surface area contributed by atoms with Gasteiger partial charge in [0.2, 0.25) is 5.91 Å². The Morgan fingerprint density at radius 3 is 2.50 bits per heavy atom. The van der Waals surface area contributed by atoms with E-state index in [9.17, 15) is 23.6 Å². The molecule has 2 aromatic rings. The lowest BCUT2D eigenvalue weighted by Gasteiger charge is -2.34. The SMILES string of the molecule is Cc1cc(NC(=O)CN2C(=O)C(=O)N([C@H]3CCCC[C@H]3C)C2=O)n(-c2ccc(F)cc2)n1. The van der Waals surface area contributed by atoms with Gasteiger partial charge in [-0.3, -0.25) is 19.3 Å². The third-order valence-corrected chi connectivity index (χ3v) is 5.95. The summed E-state index contributed by atoms with van der Waals surface area (Å²) in [5.74, 6) is -2.54. The number of urea groups is 1. The van der Waals surface area contributed by atoms with Gasteiger partial charge in [0.1, 0.15) is 18.2 Å². The van der Waals surface area contributed by atoms with Crippen LogP contribution in [0.2, 0.25) is 0 Å². The average molecular weight is 441 g/mol. The maximum Gasteiger partial charge on any atom is 0.334 e. The molecule has 5 amide bonds. The van der Waals surface area contributed by atoms with Gasteiger partial charge >= 0.3 is 17.8 Å². The number of imide groups is 2. The van der Waals surface area contributed by atoms with E-state index in [4.69, 9.17) is 0 Å². The van der Waals surface area contributed by atoms with Crippen molar-refractivity contribution in [3.63, 3.8) is 0 Å². The molecule has 10 heteroatoms. The minimum Gasteiger partial charge on any atom is -0.309 e. The van der Waals surface area contributed by atoms with Crippen LogP contribution in [0.15, 0.2) is 30.3 Å². The normalized spacial score (nSPS) is 21.4. The molecule has 2 heterocycles. The van der Waals surface area contributed by atoms with Crippen molar-refractivity contribution in [3.8, 4) is 5.69 Å². The highest BCUT2D eigenvalue weighted by Gasteiger charge is 2.49. The summed E-state index contributed by atoms with van der Waals surface area (Å²) in [6, 6.07) is 6.08. The Morgan fingerprint density at radius 2 is 1.81 bits per heavy atom. The molecule has 9 nitrogen and oxygen atoms in total. The van der Waals surface area contributed by atoms with Gasteiger partial charge in [-0.2, -0.15) is 5.10 Å². The van der Waals surface area contributed by atoms with Gasteiger partial charge in [-0.25, -0.2) is 18.8 Å². The summed E-state index contributed by atoms with van der Waals surface area (Å²) in [5.41, 5.74) is 1.13. The van der Waals surface area contributed by atoms with E-state index in [0.717, 1.165) is 24.2 Å². The van der Waals surface area contributed by atoms with Crippen LogP contribution < -0.4 is 5.32 Å². The first-order chi connectivity index (χ1) is 15.3. The van der Waals surface area contributed by atoms with Gasteiger partial charge in [0.05, 0.1) is 11.4 Å². The van der Waals surface area contributed by atoms with Crippen molar-refractivity contribution in [1.82, 2.24) is 19.6 Å². The van der Waals surface area contributed by atoms with Crippen molar-refractivity contribution in [2.45, 2.75) is 45.6 Å². The first-order valence-corrected chi connectivity index (χ1v) is 10.6. The molecule has 168 valence electrons. The summed E-state index contributed by atoms with van der Waals surface area (Å²) in [7, 11) is 0.